The van der Waals surface area contributed by atoms with Crippen molar-refractivity contribution in [3.05, 3.63) is 34.9 Å². The Balaban J connectivity index is 1.75. The SMILES string of the molecule is CCCCCCN(C(=O)C1CCCO1)[C@@H]1C=C(C(=O)NCCO)[C@@H]2c3cc(CO)cc(OC)c3O[C@@H]2[C@H]1O. The van der Waals surface area contributed by atoms with E-state index >= 15 is 0 Å². The number of ether oxygens (including phenoxy) is 3. The van der Waals surface area contributed by atoms with Gasteiger partial charge in [0.2, 0.25) is 5.91 Å². The van der Waals surface area contributed by atoms with E-state index in [-0.39, 0.29) is 25.7 Å². The van der Waals surface area contributed by atoms with Crippen LogP contribution in [-0.2, 0) is 20.9 Å². The number of hydrogen-bond donors (Lipinski definition) is 4. The molecule has 0 bridgehead atoms. The van der Waals surface area contributed by atoms with E-state index in [0.29, 0.717) is 47.8 Å². The second kappa shape index (κ2) is 12.9. The minimum Gasteiger partial charge on any atom is -0.493 e. The smallest absolute Gasteiger partial charge is 0.252 e. The second-order valence-electron chi connectivity index (χ2n) is 10.1. The van der Waals surface area contributed by atoms with Crippen LogP contribution in [0.25, 0.3) is 0 Å². The normalized spacial score (nSPS) is 25.7. The highest BCUT2D eigenvalue weighted by Gasteiger charge is 2.52. The van der Waals surface area contributed by atoms with Crippen LogP contribution in [0.2, 0.25) is 0 Å². The zero-order valence-corrected chi connectivity index (χ0v) is 22.2. The molecule has 4 rings (SSSR count). The van der Waals surface area contributed by atoms with Crippen LogP contribution in [0.1, 0.15) is 62.5 Å². The molecule has 38 heavy (non-hydrogen) atoms. The summed E-state index contributed by atoms with van der Waals surface area (Å²) in [6.45, 7) is 2.66. The maximum absolute atomic E-state index is 13.6. The number of unbranched alkanes of at least 4 members (excludes halogenated alkanes) is 3. The number of benzene rings is 1. The van der Waals surface area contributed by atoms with Crippen molar-refractivity contribution in [2.45, 2.75) is 82.3 Å². The highest BCUT2D eigenvalue weighted by Crippen LogP contribution is 2.51. The fourth-order valence-electron chi connectivity index (χ4n) is 5.69. The van der Waals surface area contributed by atoms with Gasteiger partial charge in [-0.25, -0.2) is 0 Å². The maximum Gasteiger partial charge on any atom is 0.252 e. The highest BCUT2D eigenvalue weighted by molar-refractivity contribution is 5.96. The standard InChI is InChI=1S/C28H40N2O8/c1-3-4-5-6-10-30(28(35)21-8-7-12-37-21)20-15-19(27(34)29-9-11-31)23-18-13-17(16-32)14-22(36-2)25(18)38-26(23)24(20)33/h13-15,20-21,23-24,26,31-33H,3-12,16H2,1-2H3,(H,29,34)/t20-,21?,23+,24+,26+/m1/s1. The van der Waals surface area contributed by atoms with Crippen LogP contribution in [0, 0.1) is 0 Å². The first kappa shape index (κ1) is 28.4. The summed E-state index contributed by atoms with van der Waals surface area (Å²) >= 11 is 0. The van der Waals surface area contributed by atoms with Crippen LogP contribution in [0.5, 0.6) is 11.5 Å². The fraction of sp³-hybridized carbons (Fsp3) is 0.643. The molecule has 4 N–H and O–H groups in total. The Morgan fingerprint density at radius 1 is 1.21 bits per heavy atom. The first-order chi connectivity index (χ1) is 18.4. The Morgan fingerprint density at radius 3 is 2.68 bits per heavy atom. The minimum atomic E-state index is -1.12. The molecular formula is C28H40N2O8. The van der Waals surface area contributed by atoms with Crippen molar-refractivity contribution in [1.29, 1.82) is 0 Å². The molecule has 3 aliphatic rings. The molecule has 1 aliphatic carbocycles. The van der Waals surface area contributed by atoms with Crippen molar-refractivity contribution in [2.75, 3.05) is 33.4 Å². The first-order valence-corrected chi connectivity index (χ1v) is 13.6. The van der Waals surface area contributed by atoms with Gasteiger partial charge in [0.25, 0.3) is 5.91 Å². The van der Waals surface area contributed by atoms with E-state index in [4.69, 9.17) is 14.2 Å². The maximum atomic E-state index is 13.6. The fourth-order valence-corrected chi connectivity index (χ4v) is 5.69. The number of carbonyl (C=O) groups is 2. The van der Waals surface area contributed by atoms with Crippen molar-refractivity contribution in [2.24, 2.45) is 0 Å². The molecular weight excluding hydrogens is 492 g/mol. The average molecular weight is 533 g/mol. The molecule has 0 spiro atoms. The number of aliphatic hydroxyl groups excluding tert-OH is 3. The molecule has 1 aromatic rings. The molecule has 0 aromatic heterocycles. The van der Waals surface area contributed by atoms with E-state index in [1.807, 2.05) is 0 Å². The van der Waals surface area contributed by atoms with E-state index in [1.54, 1.807) is 23.1 Å². The Bertz CT molecular complexity index is 1020. The Kier molecular flexibility index (Phi) is 9.64. The molecule has 1 unspecified atom stereocenters. The van der Waals surface area contributed by atoms with E-state index in [9.17, 15) is 24.9 Å². The predicted octanol–water partition coefficient (Wildman–Crippen LogP) is 1.40. The quantitative estimate of drug-likeness (QED) is 0.297. The van der Waals surface area contributed by atoms with Gasteiger partial charge in [0, 0.05) is 30.8 Å². The molecule has 1 saturated heterocycles. The van der Waals surface area contributed by atoms with Gasteiger partial charge in [-0.05, 0) is 43.0 Å². The van der Waals surface area contributed by atoms with Crippen LogP contribution in [-0.4, -0.2) is 89.8 Å². The largest absolute Gasteiger partial charge is 0.493 e. The van der Waals surface area contributed by atoms with Crippen LogP contribution in [0.4, 0.5) is 0 Å². The predicted molar refractivity (Wildman–Crippen MR) is 139 cm³/mol. The summed E-state index contributed by atoms with van der Waals surface area (Å²) in [5.41, 5.74) is 1.55. The molecule has 210 valence electrons. The molecule has 2 amide bonds. The van der Waals surface area contributed by atoms with Gasteiger partial charge in [0.1, 0.15) is 18.3 Å². The molecule has 5 atom stereocenters. The van der Waals surface area contributed by atoms with Gasteiger partial charge < -0.3 is 39.7 Å². The Labute approximate surface area is 223 Å². The number of aliphatic hydroxyl groups is 3. The van der Waals surface area contributed by atoms with E-state index in [1.165, 1.54) is 7.11 Å². The van der Waals surface area contributed by atoms with Gasteiger partial charge in [-0.15, -0.1) is 0 Å². The van der Waals surface area contributed by atoms with Crippen LogP contribution >= 0.6 is 0 Å². The third-order valence-corrected chi connectivity index (χ3v) is 7.60. The molecule has 1 fully saturated rings. The number of nitrogens with one attached hydrogen (secondary N) is 1. The van der Waals surface area contributed by atoms with Crippen molar-refractivity contribution in [3.63, 3.8) is 0 Å². The molecule has 2 heterocycles. The molecule has 0 saturated carbocycles. The lowest BCUT2D eigenvalue weighted by Gasteiger charge is -2.41. The van der Waals surface area contributed by atoms with E-state index < -0.39 is 36.2 Å². The third kappa shape index (κ3) is 5.68. The molecule has 2 aliphatic heterocycles. The average Bonchev–Trinajstić information content (AvgIpc) is 3.61. The lowest BCUT2D eigenvalue weighted by molar-refractivity contribution is -0.146. The third-order valence-electron chi connectivity index (χ3n) is 7.60. The summed E-state index contributed by atoms with van der Waals surface area (Å²) in [7, 11) is 1.49. The summed E-state index contributed by atoms with van der Waals surface area (Å²) in [4.78, 5) is 28.7. The van der Waals surface area contributed by atoms with Gasteiger partial charge in [-0.2, -0.15) is 0 Å². The monoisotopic (exact) mass is 532 g/mol. The van der Waals surface area contributed by atoms with Gasteiger partial charge >= 0.3 is 0 Å². The lowest BCUT2D eigenvalue weighted by Crippen LogP contribution is -2.57. The molecule has 0 radical (unpaired) electrons. The number of nitrogens with zero attached hydrogens (tertiary/aromatic N) is 1. The molecule has 1 aromatic carbocycles. The van der Waals surface area contributed by atoms with Crippen LogP contribution in [0.3, 0.4) is 0 Å². The van der Waals surface area contributed by atoms with Crippen molar-refractivity contribution in [1.82, 2.24) is 10.2 Å². The van der Waals surface area contributed by atoms with Crippen molar-refractivity contribution in [3.8, 4) is 11.5 Å². The lowest BCUT2D eigenvalue weighted by atomic mass is 9.77. The summed E-state index contributed by atoms with van der Waals surface area (Å²) in [6, 6.07) is 2.61. The first-order valence-electron chi connectivity index (χ1n) is 13.6. The second-order valence-corrected chi connectivity index (χ2v) is 10.1. The van der Waals surface area contributed by atoms with Crippen molar-refractivity contribution < 1.29 is 39.1 Å². The van der Waals surface area contributed by atoms with Crippen molar-refractivity contribution >= 4 is 11.8 Å². The van der Waals surface area contributed by atoms with E-state index in [0.717, 1.165) is 32.1 Å². The van der Waals surface area contributed by atoms with E-state index in [2.05, 4.69) is 12.2 Å². The number of fused-ring (bicyclic) bond motifs is 3. The number of hydrogen-bond acceptors (Lipinski definition) is 8. The number of carbonyl (C=O) groups excluding carboxylic acids is 2. The van der Waals surface area contributed by atoms with Gasteiger partial charge in [-0.1, -0.05) is 26.2 Å². The minimum absolute atomic E-state index is 0.0596. The van der Waals surface area contributed by atoms with Gasteiger partial charge in [0.15, 0.2) is 11.5 Å². The Hall–Kier alpha value is -2.66. The summed E-state index contributed by atoms with van der Waals surface area (Å²) in [6.07, 6.45) is 4.33. The zero-order valence-electron chi connectivity index (χ0n) is 22.2. The number of amides is 2. The topological polar surface area (TPSA) is 138 Å². The van der Waals surface area contributed by atoms with Gasteiger partial charge in [-0.3, -0.25) is 9.59 Å². The summed E-state index contributed by atoms with van der Waals surface area (Å²) < 4.78 is 17.5. The Morgan fingerprint density at radius 2 is 2.03 bits per heavy atom. The van der Waals surface area contributed by atoms with Crippen LogP contribution < -0.4 is 14.8 Å². The van der Waals surface area contributed by atoms with Crippen LogP contribution in [0.15, 0.2) is 23.8 Å². The van der Waals surface area contributed by atoms with Gasteiger partial charge in [0.05, 0.1) is 32.3 Å². The molecule has 10 heteroatoms. The number of rotatable bonds is 12. The molecule has 10 nitrogen and oxygen atoms in total. The zero-order chi connectivity index (χ0) is 27.2. The highest BCUT2D eigenvalue weighted by atomic mass is 16.5. The summed E-state index contributed by atoms with van der Waals surface area (Å²) in [5.74, 6) is -0.447. The number of methoxy groups -OCH3 is 1. The summed E-state index contributed by atoms with van der Waals surface area (Å²) in [5, 5.41) is 33.5.